The molecule has 0 unspecified atom stereocenters. The Morgan fingerprint density at radius 2 is 2.19 bits per heavy atom. The van der Waals surface area contributed by atoms with Crippen molar-refractivity contribution >= 4 is 27.8 Å². The summed E-state index contributed by atoms with van der Waals surface area (Å²) in [6, 6.07) is 3.71. The number of methoxy groups -OCH3 is 2. The number of nitrogens with zero attached hydrogens (tertiary/aromatic N) is 3. The molecule has 0 aliphatic carbocycles. The van der Waals surface area contributed by atoms with Crippen LogP contribution in [-0.2, 0) is 22.4 Å². The van der Waals surface area contributed by atoms with Crippen molar-refractivity contribution in [3.05, 3.63) is 51.8 Å². The third-order valence-electron chi connectivity index (χ3n) is 4.50. The van der Waals surface area contributed by atoms with E-state index in [2.05, 4.69) is 20.9 Å². The van der Waals surface area contributed by atoms with Gasteiger partial charge in [-0.05, 0) is 46.1 Å². The van der Waals surface area contributed by atoms with Crippen molar-refractivity contribution in [3.63, 3.8) is 0 Å². The van der Waals surface area contributed by atoms with Crippen LogP contribution in [0.5, 0.6) is 0 Å². The number of hydrogen-bond donors (Lipinski definition) is 0. The Hall–Kier alpha value is -2.26. The first-order chi connectivity index (χ1) is 12.9. The van der Waals surface area contributed by atoms with Gasteiger partial charge >= 0.3 is 5.97 Å². The monoisotopic (exact) mass is 439 g/mol. The number of rotatable bonds is 6. The van der Waals surface area contributed by atoms with E-state index in [1.807, 2.05) is 0 Å². The molecule has 0 radical (unpaired) electrons. The predicted molar refractivity (Wildman–Crippen MR) is 98.1 cm³/mol. The molecule has 0 saturated heterocycles. The number of imidazole rings is 1. The lowest BCUT2D eigenvalue weighted by atomic mass is 10.0. The first kappa shape index (κ1) is 19.5. The highest BCUT2D eigenvalue weighted by molar-refractivity contribution is 9.10. The number of amides is 1. The molecule has 1 aromatic carbocycles. The summed E-state index contributed by atoms with van der Waals surface area (Å²) < 4.78 is 26.1. The fourth-order valence-electron chi connectivity index (χ4n) is 3.25. The number of esters is 1. The maximum absolute atomic E-state index is 13.7. The van der Waals surface area contributed by atoms with E-state index in [0.29, 0.717) is 42.1 Å². The number of carbonyl (C=O) groups excluding carboxylic acids is 2. The lowest BCUT2D eigenvalue weighted by Gasteiger charge is -2.35. The molecule has 3 rings (SSSR count). The van der Waals surface area contributed by atoms with Crippen molar-refractivity contribution in [1.82, 2.24) is 14.5 Å². The van der Waals surface area contributed by atoms with Crippen molar-refractivity contribution in [3.8, 4) is 0 Å². The minimum Gasteiger partial charge on any atom is -0.465 e. The van der Waals surface area contributed by atoms with Gasteiger partial charge in [-0.1, -0.05) is 0 Å². The van der Waals surface area contributed by atoms with Crippen LogP contribution in [0.3, 0.4) is 0 Å². The Bertz CT molecular complexity index is 870. The molecular formula is C18H19BrFN3O4. The molecule has 9 heteroatoms. The van der Waals surface area contributed by atoms with Gasteiger partial charge in [-0.25, -0.2) is 14.2 Å². The molecule has 7 nitrogen and oxygen atoms in total. The molecule has 0 fully saturated rings. The minimum absolute atomic E-state index is 0.189. The second kappa shape index (κ2) is 8.18. The zero-order chi connectivity index (χ0) is 19.6. The van der Waals surface area contributed by atoms with Crippen LogP contribution in [0, 0.1) is 5.82 Å². The fraction of sp³-hybridized carbons (Fsp3) is 0.389. The molecule has 0 saturated carbocycles. The molecule has 27 heavy (non-hydrogen) atoms. The Morgan fingerprint density at radius 1 is 1.41 bits per heavy atom. The number of aromatic nitrogens is 2. The van der Waals surface area contributed by atoms with E-state index in [1.54, 1.807) is 22.8 Å². The molecule has 0 bridgehead atoms. The lowest BCUT2D eigenvalue weighted by molar-refractivity contribution is 0.0409. The average molecular weight is 440 g/mol. The smallest absolute Gasteiger partial charge is 0.338 e. The molecule has 0 spiro atoms. The molecule has 1 atom stereocenters. The topological polar surface area (TPSA) is 73.7 Å². The van der Waals surface area contributed by atoms with Gasteiger partial charge < -0.3 is 18.9 Å². The predicted octanol–water partition coefficient (Wildman–Crippen LogP) is 2.28. The van der Waals surface area contributed by atoms with Gasteiger partial charge in [0.2, 0.25) is 0 Å². The van der Waals surface area contributed by atoms with Crippen LogP contribution in [0.2, 0.25) is 0 Å². The Morgan fingerprint density at radius 3 is 2.89 bits per heavy atom. The van der Waals surface area contributed by atoms with E-state index >= 15 is 0 Å². The second-order valence-corrected chi connectivity index (χ2v) is 7.00. The van der Waals surface area contributed by atoms with E-state index in [0.717, 1.165) is 0 Å². The molecule has 2 aromatic rings. The van der Waals surface area contributed by atoms with Gasteiger partial charge in [0.05, 0.1) is 25.3 Å². The summed E-state index contributed by atoms with van der Waals surface area (Å²) in [4.78, 5) is 30.7. The van der Waals surface area contributed by atoms with Gasteiger partial charge in [0, 0.05) is 26.4 Å². The van der Waals surface area contributed by atoms with E-state index in [4.69, 9.17) is 9.47 Å². The highest BCUT2D eigenvalue weighted by Crippen LogP contribution is 2.22. The van der Waals surface area contributed by atoms with Crippen LogP contribution in [0.1, 0.15) is 26.5 Å². The van der Waals surface area contributed by atoms with Crippen LogP contribution < -0.4 is 0 Å². The first-order valence-corrected chi connectivity index (χ1v) is 9.13. The SMILES string of the molecule is COC[C@H]1Cn2cc(Br)nc2C(=O)N1CCc1cc(F)ccc1C(=O)OC. The van der Waals surface area contributed by atoms with Crippen molar-refractivity contribution < 1.29 is 23.5 Å². The second-order valence-electron chi connectivity index (χ2n) is 6.19. The van der Waals surface area contributed by atoms with Gasteiger partial charge in [-0.2, -0.15) is 0 Å². The quantitative estimate of drug-likeness (QED) is 0.645. The Balaban J connectivity index is 1.85. The zero-order valence-corrected chi connectivity index (χ0v) is 16.5. The van der Waals surface area contributed by atoms with E-state index in [9.17, 15) is 14.0 Å². The molecule has 1 amide bonds. The maximum atomic E-state index is 13.7. The van der Waals surface area contributed by atoms with Crippen LogP contribution >= 0.6 is 15.9 Å². The highest BCUT2D eigenvalue weighted by Gasteiger charge is 2.34. The fourth-order valence-corrected chi connectivity index (χ4v) is 3.67. The average Bonchev–Trinajstić information content (AvgIpc) is 3.02. The van der Waals surface area contributed by atoms with Crippen LogP contribution in [0.15, 0.2) is 29.0 Å². The summed E-state index contributed by atoms with van der Waals surface area (Å²) in [6.07, 6.45) is 2.06. The lowest BCUT2D eigenvalue weighted by Crippen LogP contribution is -2.51. The highest BCUT2D eigenvalue weighted by atomic mass is 79.9. The molecule has 0 N–H and O–H groups in total. The molecule has 1 aromatic heterocycles. The van der Waals surface area contributed by atoms with Crippen molar-refractivity contribution in [2.24, 2.45) is 0 Å². The van der Waals surface area contributed by atoms with Crippen LogP contribution in [0.25, 0.3) is 0 Å². The van der Waals surface area contributed by atoms with Gasteiger partial charge in [0.25, 0.3) is 5.91 Å². The van der Waals surface area contributed by atoms with E-state index in [1.165, 1.54) is 25.3 Å². The number of fused-ring (bicyclic) bond motifs is 1. The number of ether oxygens (including phenoxy) is 2. The molecule has 2 heterocycles. The Labute approximate surface area is 164 Å². The molecule has 144 valence electrons. The normalized spacial score (nSPS) is 16.4. The van der Waals surface area contributed by atoms with Gasteiger partial charge in [-0.15, -0.1) is 0 Å². The maximum Gasteiger partial charge on any atom is 0.338 e. The Kier molecular flexibility index (Phi) is 5.91. The minimum atomic E-state index is -0.539. The van der Waals surface area contributed by atoms with Crippen molar-refractivity contribution in [1.29, 1.82) is 0 Å². The number of carbonyl (C=O) groups is 2. The summed E-state index contributed by atoms with van der Waals surface area (Å²) in [6.45, 7) is 1.19. The van der Waals surface area contributed by atoms with E-state index < -0.39 is 11.8 Å². The summed E-state index contributed by atoms with van der Waals surface area (Å²) in [7, 11) is 2.85. The number of hydrogen-bond acceptors (Lipinski definition) is 5. The third-order valence-corrected chi connectivity index (χ3v) is 4.88. The summed E-state index contributed by atoms with van der Waals surface area (Å²) in [5.74, 6) is -0.884. The molecule has 1 aliphatic heterocycles. The van der Waals surface area contributed by atoms with Gasteiger partial charge in [-0.3, -0.25) is 4.79 Å². The summed E-state index contributed by atoms with van der Waals surface area (Å²) in [5, 5.41) is 0. The first-order valence-electron chi connectivity index (χ1n) is 8.34. The van der Waals surface area contributed by atoms with Crippen molar-refractivity contribution in [2.45, 2.75) is 19.0 Å². The standard InChI is InChI=1S/C18H19BrFN3O4/c1-26-10-13-8-22-9-15(19)21-16(22)17(24)23(13)6-5-11-7-12(20)3-4-14(11)18(25)27-2/h3-4,7,9,13H,5-6,8,10H2,1-2H3/t13-/m1/s1. The van der Waals surface area contributed by atoms with Crippen LogP contribution in [0.4, 0.5) is 4.39 Å². The summed E-state index contributed by atoms with van der Waals surface area (Å²) >= 11 is 3.29. The number of benzene rings is 1. The number of halogens is 2. The van der Waals surface area contributed by atoms with Gasteiger partial charge in [0.15, 0.2) is 5.82 Å². The molecular weight excluding hydrogens is 421 g/mol. The van der Waals surface area contributed by atoms with Gasteiger partial charge in [0.1, 0.15) is 10.4 Å². The van der Waals surface area contributed by atoms with Crippen molar-refractivity contribution in [2.75, 3.05) is 27.4 Å². The summed E-state index contributed by atoms with van der Waals surface area (Å²) in [5.41, 5.74) is 0.775. The molecule has 1 aliphatic rings. The largest absolute Gasteiger partial charge is 0.465 e. The third kappa shape index (κ3) is 4.03. The van der Waals surface area contributed by atoms with Crippen LogP contribution in [-0.4, -0.2) is 59.7 Å². The zero-order valence-electron chi connectivity index (χ0n) is 14.9. The van der Waals surface area contributed by atoms with E-state index in [-0.39, 0.29) is 17.5 Å².